The molecule has 0 amide bonds. The third-order valence-corrected chi connectivity index (χ3v) is 4.17. The summed E-state index contributed by atoms with van der Waals surface area (Å²) in [5, 5.41) is 3.42. The lowest BCUT2D eigenvalue weighted by Gasteiger charge is -2.08. The molecule has 0 saturated heterocycles. The SMILES string of the molecule is Cc1cc(I)ccc1NCc1ccc(Cl)s1. The number of hydrogen-bond acceptors (Lipinski definition) is 2. The molecule has 1 N–H and O–H groups in total. The van der Waals surface area contributed by atoms with E-state index in [-0.39, 0.29) is 0 Å². The molecule has 2 aromatic rings. The minimum Gasteiger partial charge on any atom is -0.380 e. The van der Waals surface area contributed by atoms with Gasteiger partial charge in [0.2, 0.25) is 0 Å². The van der Waals surface area contributed by atoms with Crippen LogP contribution in [0.5, 0.6) is 0 Å². The second-order valence-corrected chi connectivity index (χ2v) is 6.56. The Labute approximate surface area is 118 Å². The molecule has 0 fully saturated rings. The fourth-order valence-corrected chi connectivity index (χ4v) is 3.13. The summed E-state index contributed by atoms with van der Waals surface area (Å²) < 4.78 is 2.11. The molecule has 0 atom stereocenters. The monoisotopic (exact) mass is 363 g/mol. The number of benzene rings is 1. The lowest BCUT2D eigenvalue weighted by atomic mass is 10.2. The van der Waals surface area contributed by atoms with Gasteiger partial charge in [-0.05, 0) is 65.4 Å². The van der Waals surface area contributed by atoms with E-state index in [1.54, 1.807) is 11.3 Å². The first kappa shape index (κ1) is 12.2. The van der Waals surface area contributed by atoms with Crippen molar-refractivity contribution in [2.75, 3.05) is 5.32 Å². The van der Waals surface area contributed by atoms with Crippen LogP contribution in [-0.4, -0.2) is 0 Å². The van der Waals surface area contributed by atoms with Crippen LogP contribution in [0.2, 0.25) is 4.34 Å². The van der Waals surface area contributed by atoms with Crippen LogP contribution in [0.15, 0.2) is 30.3 Å². The molecule has 1 heterocycles. The van der Waals surface area contributed by atoms with E-state index >= 15 is 0 Å². The standard InChI is InChI=1S/C12H11ClINS/c1-8-6-9(14)2-4-11(8)15-7-10-3-5-12(13)16-10/h2-6,15H,7H2,1H3. The minimum atomic E-state index is 0.832. The molecule has 16 heavy (non-hydrogen) atoms. The molecule has 4 heteroatoms. The van der Waals surface area contributed by atoms with E-state index in [0.717, 1.165) is 10.9 Å². The fourth-order valence-electron chi connectivity index (χ4n) is 1.45. The molecular weight excluding hydrogens is 353 g/mol. The van der Waals surface area contributed by atoms with Crippen LogP contribution in [0, 0.1) is 10.5 Å². The lowest BCUT2D eigenvalue weighted by Crippen LogP contribution is -1.99. The molecule has 0 radical (unpaired) electrons. The van der Waals surface area contributed by atoms with Crippen LogP contribution in [0.1, 0.15) is 10.4 Å². The summed E-state index contributed by atoms with van der Waals surface area (Å²) in [5.41, 5.74) is 2.46. The second-order valence-electron chi connectivity index (χ2n) is 3.52. The molecule has 0 aliphatic heterocycles. The Kier molecular flexibility index (Phi) is 4.10. The number of thiophene rings is 1. The summed E-state index contributed by atoms with van der Waals surface area (Å²) in [6.07, 6.45) is 0. The maximum Gasteiger partial charge on any atom is 0.0931 e. The molecule has 0 unspecified atom stereocenters. The molecule has 1 aromatic heterocycles. The molecule has 1 aromatic carbocycles. The summed E-state index contributed by atoms with van der Waals surface area (Å²) in [6, 6.07) is 10.4. The van der Waals surface area contributed by atoms with Crippen LogP contribution in [0.3, 0.4) is 0 Å². The van der Waals surface area contributed by atoms with E-state index in [4.69, 9.17) is 11.6 Å². The summed E-state index contributed by atoms with van der Waals surface area (Å²) in [4.78, 5) is 1.25. The summed E-state index contributed by atoms with van der Waals surface area (Å²) >= 11 is 9.82. The van der Waals surface area contributed by atoms with Gasteiger partial charge in [0.05, 0.1) is 4.34 Å². The second kappa shape index (κ2) is 5.38. The maximum absolute atomic E-state index is 5.88. The van der Waals surface area contributed by atoms with E-state index in [1.807, 2.05) is 6.07 Å². The Hall–Kier alpha value is -0.260. The topological polar surface area (TPSA) is 12.0 Å². The van der Waals surface area contributed by atoms with Crippen molar-refractivity contribution in [3.63, 3.8) is 0 Å². The zero-order valence-corrected chi connectivity index (χ0v) is 12.5. The van der Waals surface area contributed by atoms with Gasteiger partial charge in [0, 0.05) is 20.7 Å². The van der Waals surface area contributed by atoms with Crippen molar-refractivity contribution < 1.29 is 0 Å². The highest BCUT2D eigenvalue weighted by molar-refractivity contribution is 14.1. The molecule has 0 spiro atoms. The fraction of sp³-hybridized carbons (Fsp3) is 0.167. The molecule has 0 saturated carbocycles. The Balaban J connectivity index is 2.04. The zero-order valence-electron chi connectivity index (χ0n) is 8.76. The van der Waals surface area contributed by atoms with Crippen LogP contribution in [0.25, 0.3) is 0 Å². The molecule has 0 aliphatic carbocycles. The third-order valence-electron chi connectivity index (χ3n) is 2.27. The van der Waals surface area contributed by atoms with Crippen molar-refractivity contribution in [3.05, 3.63) is 48.7 Å². The van der Waals surface area contributed by atoms with E-state index in [9.17, 15) is 0 Å². The lowest BCUT2D eigenvalue weighted by molar-refractivity contribution is 1.18. The van der Waals surface area contributed by atoms with Crippen molar-refractivity contribution in [2.45, 2.75) is 13.5 Å². The van der Waals surface area contributed by atoms with Crippen molar-refractivity contribution in [1.82, 2.24) is 0 Å². The van der Waals surface area contributed by atoms with Crippen LogP contribution < -0.4 is 5.32 Å². The summed E-state index contributed by atoms with van der Waals surface area (Å²) in [7, 11) is 0. The quantitative estimate of drug-likeness (QED) is 0.763. The maximum atomic E-state index is 5.88. The highest BCUT2D eigenvalue weighted by Crippen LogP contribution is 2.23. The van der Waals surface area contributed by atoms with Gasteiger partial charge in [0.1, 0.15) is 0 Å². The van der Waals surface area contributed by atoms with Gasteiger partial charge in [-0.25, -0.2) is 0 Å². The van der Waals surface area contributed by atoms with Gasteiger partial charge in [-0.3, -0.25) is 0 Å². The Bertz CT molecular complexity index is 496. The highest BCUT2D eigenvalue weighted by Gasteiger charge is 2.00. The van der Waals surface area contributed by atoms with E-state index in [2.05, 4.69) is 59.1 Å². The largest absolute Gasteiger partial charge is 0.380 e. The third kappa shape index (κ3) is 3.12. The van der Waals surface area contributed by atoms with Gasteiger partial charge in [0.15, 0.2) is 0 Å². The molecule has 0 aliphatic rings. The average Bonchev–Trinajstić information content (AvgIpc) is 2.63. The summed E-state index contributed by atoms with van der Waals surface area (Å²) in [5.74, 6) is 0. The van der Waals surface area contributed by atoms with Crippen LogP contribution >= 0.6 is 45.5 Å². The van der Waals surface area contributed by atoms with Crippen molar-refractivity contribution >= 4 is 51.2 Å². The molecule has 0 bridgehead atoms. The Morgan fingerprint density at radius 1 is 1.31 bits per heavy atom. The van der Waals surface area contributed by atoms with Gasteiger partial charge < -0.3 is 5.32 Å². The Morgan fingerprint density at radius 3 is 2.75 bits per heavy atom. The van der Waals surface area contributed by atoms with Gasteiger partial charge >= 0.3 is 0 Å². The Morgan fingerprint density at radius 2 is 2.12 bits per heavy atom. The number of aryl methyl sites for hydroxylation is 1. The number of nitrogens with one attached hydrogen (secondary N) is 1. The first-order valence-electron chi connectivity index (χ1n) is 4.89. The minimum absolute atomic E-state index is 0.832. The van der Waals surface area contributed by atoms with E-state index in [0.29, 0.717) is 0 Å². The number of hydrogen-bond donors (Lipinski definition) is 1. The first-order valence-corrected chi connectivity index (χ1v) is 7.17. The molecule has 1 nitrogen and oxygen atoms in total. The predicted molar refractivity (Wildman–Crippen MR) is 80.6 cm³/mol. The number of anilines is 1. The van der Waals surface area contributed by atoms with Crippen molar-refractivity contribution in [3.8, 4) is 0 Å². The van der Waals surface area contributed by atoms with Gasteiger partial charge in [0.25, 0.3) is 0 Å². The molecular formula is C12H11ClINS. The first-order chi connectivity index (χ1) is 7.65. The smallest absolute Gasteiger partial charge is 0.0931 e. The van der Waals surface area contributed by atoms with Crippen molar-refractivity contribution in [1.29, 1.82) is 0 Å². The molecule has 84 valence electrons. The van der Waals surface area contributed by atoms with Crippen molar-refractivity contribution in [2.24, 2.45) is 0 Å². The zero-order chi connectivity index (χ0) is 11.5. The van der Waals surface area contributed by atoms with Gasteiger partial charge in [-0.1, -0.05) is 11.6 Å². The highest BCUT2D eigenvalue weighted by atomic mass is 127. The van der Waals surface area contributed by atoms with Crippen LogP contribution in [0.4, 0.5) is 5.69 Å². The van der Waals surface area contributed by atoms with E-state index in [1.165, 1.54) is 19.7 Å². The van der Waals surface area contributed by atoms with Gasteiger partial charge in [-0.2, -0.15) is 0 Å². The van der Waals surface area contributed by atoms with E-state index < -0.39 is 0 Å². The predicted octanol–water partition coefficient (Wildman–Crippen LogP) is 4.93. The normalized spacial score (nSPS) is 10.4. The number of halogens is 2. The molecule has 2 rings (SSSR count). The average molecular weight is 364 g/mol. The summed E-state index contributed by atoms with van der Waals surface area (Å²) in [6.45, 7) is 2.95. The van der Waals surface area contributed by atoms with Crippen LogP contribution in [-0.2, 0) is 6.54 Å². The van der Waals surface area contributed by atoms with Gasteiger partial charge in [-0.15, -0.1) is 11.3 Å². The number of rotatable bonds is 3.